The van der Waals surface area contributed by atoms with Crippen molar-refractivity contribution in [2.24, 2.45) is 5.92 Å². The number of ether oxygens (including phenoxy) is 4. The van der Waals surface area contributed by atoms with Crippen molar-refractivity contribution in [2.75, 3.05) is 47.1 Å². The summed E-state index contributed by atoms with van der Waals surface area (Å²) in [7, 11) is 3.22. The maximum atomic E-state index is 13.6. The van der Waals surface area contributed by atoms with Gasteiger partial charge in [0.1, 0.15) is 6.10 Å². The summed E-state index contributed by atoms with van der Waals surface area (Å²) in [6.45, 7) is 7.06. The highest BCUT2D eigenvalue weighted by molar-refractivity contribution is 5.95. The number of alkyl carbamates (subject to hydrolysis) is 1. The second-order valence-electron chi connectivity index (χ2n) is 9.31. The van der Waals surface area contributed by atoms with Gasteiger partial charge in [-0.2, -0.15) is 0 Å². The van der Waals surface area contributed by atoms with Crippen LogP contribution in [0.3, 0.4) is 0 Å². The molecule has 2 N–H and O–H groups in total. The molecule has 0 saturated carbocycles. The smallest absolute Gasteiger partial charge is 0.407 e. The third-order valence-corrected chi connectivity index (χ3v) is 6.29. The first kappa shape index (κ1) is 28.3. The predicted octanol–water partition coefficient (Wildman–Crippen LogP) is 3.48. The average Bonchev–Trinajstić information content (AvgIpc) is 3.34. The average molecular weight is 514 g/mol. The van der Waals surface area contributed by atoms with Gasteiger partial charge in [0.05, 0.1) is 13.7 Å². The van der Waals surface area contributed by atoms with Crippen molar-refractivity contribution in [3.63, 3.8) is 0 Å². The number of rotatable bonds is 13. The molecule has 0 spiro atoms. The molecule has 0 aliphatic carbocycles. The summed E-state index contributed by atoms with van der Waals surface area (Å²) in [4.78, 5) is 27.8. The monoisotopic (exact) mass is 513 g/mol. The molecule has 1 aliphatic heterocycles. The molecule has 0 unspecified atom stereocenters. The van der Waals surface area contributed by atoms with Crippen LogP contribution in [0.2, 0.25) is 0 Å². The SMILES string of the molecule is COCCCOc1cc(C(=O)N(C[C@H]2CNC[C@H]2OC(=O)NCc2ccccc2)C(C)C)ccc1OC. The van der Waals surface area contributed by atoms with E-state index in [1.165, 1.54) is 0 Å². The predicted molar refractivity (Wildman–Crippen MR) is 141 cm³/mol. The van der Waals surface area contributed by atoms with Gasteiger partial charge in [0.25, 0.3) is 5.91 Å². The van der Waals surface area contributed by atoms with Crippen molar-refractivity contribution < 1.29 is 28.5 Å². The van der Waals surface area contributed by atoms with Crippen molar-refractivity contribution in [3.05, 3.63) is 59.7 Å². The highest BCUT2D eigenvalue weighted by Crippen LogP contribution is 2.29. The summed E-state index contributed by atoms with van der Waals surface area (Å²) in [5.74, 6) is 0.947. The molecule has 202 valence electrons. The highest BCUT2D eigenvalue weighted by atomic mass is 16.6. The van der Waals surface area contributed by atoms with E-state index in [0.29, 0.717) is 56.5 Å². The van der Waals surface area contributed by atoms with Crippen molar-refractivity contribution in [1.82, 2.24) is 15.5 Å². The molecule has 0 bridgehead atoms. The second kappa shape index (κ2) is 14.4. The Kier molecular flexibility index (Phi) is 11.0. The van der Waals surface area contributed by atoms with E-state index in [0.717, 1.165) is 12.0 Å². The number of amides is 2. The largest absolute Gasteiger partial charge is 0.493 e. The number of benzene rings is 2. The van der Waals surface area contributed by atoms with Gasteiger partial charge in [-0.05, 0) is 37.6 Å². The zero-order valence-electron chi connectivity index (χ0n) is 22.2. The Labute approximate surface area is 219 Å². The lowest BCUT2D eigenvalue weighted by Crippen LogP contribution is -2.44. The van der Waals surface area contributed by atoms with Crippen LogP contribution in [0.25, 0.3) is 0 Å². The Morgan fingerprint density at radius 3 is 2.54 bits per heavy atom. The van der Waals surface area contributed by atoms with Crippen LogP contribution in [0.4, 0.5) is 4.79 Å². The normalized spacial score (nSPS) is 16.9. The molecule has 1 aliphatic rings. The standard InChI is InChI=1S/C28H39N3O6/c1-20(2)31(27(32)22-11-12-24(35-4)25(15-22)36-14-8-13-34-3)19-23-17-29-18-26(23)37-28(33)30-16-21-9-6-5-7-10-21/h5-7,9-12,15,20,23,26,29H,8,13-14,16-19H2,1-4H3,(H,30,33)/t23-,26-/m1/s1. The van der Waals surface area contributed by atoms with E-state index >= 15 is 0 Å². The fourth-order valence-electron chi connectivity index (χ4n) is 4.23. The molecule has 0 aromatic heterocycles. The van der Waals surface area contributed by atoms with Crippen LogP contribution in [0.1, 0.15) is 36.2 Å². The van der Waals surface area contributed by atoms with Crippen LogP contribution in [0.15, 0.2) is 48.5 Å². The third-order valence-electron chi connectivity index (χ3n) is 6.29. The van der Waals surface area contributed by atoms with Crippen molar-refractivity contribution >= 4 is 12.0 Å². The number of nitrogens with zero attached hydrogens (tertiary/aromatic N) is 1. The Bertz CT molecular complexity index is 1000. The van der Waals surface area contributed by atoms with E-state index in [1.54, 1.807) is 32.4 Å². The van der Waals surface area contributed by atoms with Crippen LogP contribution in [-0.4, -0.2) is 76.1 Å². The van der Waals surface area contributed by atoms with E-state index in [9.17, 15) is 9.59 Å². The fourth-order valence-corrected chi connectivity index (χ4v) is 4.23. The number of hydrogen-bond donors (Lipinski definition) is 2. The zero-order valence-corrected chi connectivity index (χ0v) is 22.2. The first-order valence-corrected chi connectivity index (χ1v) is 12.7. The van der Waals surface area contributed by atoms with E-state index in [-0.39, 0.29) is 24.0 Å². The number of nitrogens with one attached hydrogen (secondary N) is 2. The quantitative estimate of drug-likeness (QED) is 0.396. The molecule has 2 amide bonds. The lowest BCUT2D eigenvalue weighted by molar-refractivity contribution is 0.0521. The minimum atomic E-state index is -0.463. The number of carbonyl (C=O) groups excluding carboxylic acids is 2. The Hall–Kier alpha value is -3.30. The first-order valence-electron chi connectivity index (χ1n) is 12.7. The first-order chi connectivity index (χ1) is 17.9. The molecule has 3 rings (SSSR count). The van der Waals surface area contributed by atoms with Crippen LogP contribution >= 0.6 is 0 Å². The Balaban J connectivity index is 1.63. The molecule has 1 fully saturated rings. The number of carbonyl (C=O) groups is 2. The molecule has 2 atom stereocenters. The van der Waals surface area contributed by atoms with Crippen LogP contribution in [0, 0.1) is 5.92 Å². The Morgan fingerprint density at radius 2 is 1.84 bits per heavy atom. The van der Waals surface area contributed by atoms with Crippen LogP contribution in [0.5, 0.6) is 11.5 Å². The van der Waals surface area contributed by atoms with Gasteiger partial charge in [0.15, 0.2) is 11.5 Å². The minimum Gasteiger partial charge on any atom is -0.493 e. The van der Waals surface area contributed by atoms with E-state index in [4.69, 9.17) is 18.9 Å². The van der Waals surface area contributed by atoms with Crippen LogP contribution < -0.4 is 20.1 Å². The van der Waals surface area contributed by atoms with Gasteiger partial charge in [0, 0.05) is 63.8 Å². The molecule has 9 heteroatoms. The van der Waals surface area contributed by atoms with E-state index in [2.05, 4.69) is 10.6 Å². The molecule has 1 saturated heterocycles. The number of methoxy groups -OCH3 is 2. The molecule has 37 heavy (non-hydrogen) atoms. The van der Waals surface area contributed by atoms with Gasteiger partial charge < -0.3 is 34.5 Å². The summed E-state index contributed by atoms with van der Waals surface area (Å²) >= 11 is 0. The maximum absolute atomic E-state index is 13.6. The third kappa shape index (κ3) is 8.36. The second-order valence-corrected chi connectivity index (χ2v) is 9.31. The van der Waals surface area contributed by atoms with Crippen molar-refractivity contribution in [2.45, 2.75) is 39.0 Å². The van der Waals surface area contributed by atoms with Gasteiger partial charge in [-0.1, -0.05) is 30.3 Å². The molecule has 9 nitrogen and oxygen atoms in total. The molecular formula is C28H39N3O6. The fraction of sp³-hybridized carbons (Fsp3) is 0.500. The van der Waals surface area contributed by atoms with E-state index < -0.39 is 6.09 Å². The molecular weight excluding hydrogens is 474 g/mol. The van der Waals surface area contributed by atoms with Crippen LogP contribution in [-0.2, 0) is 16.0 Å². The summed E-state index contributed by atoms with van der Waals surface area (Å²) in [5.41, 5.74) is 1.51. The van der Waals surface area contributed by atoms with Crippen molar-refractivity contribution in [3.8, 4) is 11.5 Å². The Morgan fingerprint density at radius 1 is 1.05 bits per heavy atom. The van der Waals surface area contributed by atoms with E-state index in [1.807, 2.05) is 49.1 Å². The summed E-state index contributed by atoms with van der Waals surface area (Å²) in [6, 6.07) is 14.8. The molecule has 0 radical (unpaired) electrons. The van der Waals surface area contributed by atoms with Gasteiger partial charge >= 0.3 is 6.09 Å². The lowest BCUT2D eigenvalue weighted by atomic mass is 10.0. The summed E-state index contributed by atoms with van der Waals surface area (Å²) in [5, 5.41) is 6.10. The summed E-state index contributed by atoms with van der Waals surface area (Å²) in [6.07, 6.45) is -0.0685. The maximum Gasteiger partial charge on any atom is 0.407 e. The summed E-state index contributed by atoms with van der Waals surface area (Å²) < 4.78 is 22.1. The molecule has 2 aromatic rings. The minimum absolute atomic E-state index is 0.0307. The van der Waals surface area contributed by atoms with Gasteiger partial charge in [-0.25, -0.2) is 4.79 Å². The topological polar surface area (TPSA) is 98.4 Å². The highest BCUT2D eigenvalue weighted by Gasteiger charge is 2.34. The number of hydrogen-bond acceptors (Lipinski definition) is 7. The lowest BCUT2D eigenvalue weighted by Gasteiger charge is -2.31. The van der Waals surface area contributed by atoms with Gasteiger partial charge in [0.2, 0.25) is 0 Å². The van der Waals surface area contributed by atoms with Gasteiger partial charge in [-0.3, -0.25) is 4.79 Å². The molecule has 1 heterocycles. The van der Waals surface area contributed by atoms with Gasteiger partial charge in [-0.15, -0.1) is 0 Å². The zero-order chi connectivity index (χ0) is 26.6. The molecule has 2 aromatic carbocycles. The van der Waals surface area contributed by atoms with Crippen molar-refractivity contribution in [1.29, 1.82) is 0 Å².